The van der Waals surface area contributed by atoms with Crippen molar-refractivity contribution in [2.45, 2.75) is 13.6 Å². The highest BCUT2D eigenvalue weighted by atomic mass is 35.5. The van der Waals surface area contributed by atoms with Gasteiger partial charge in [-0.25, -0.2) is 14.2 Å². The number of para-hydroxylation sites is 1. The van der Waals surface area contributed by atoms with Gasteiger partial charge in [-0.2, -0.15) is 0 Å². The third kappa shape index (κ3) is 3.18. The first kappa shape index (κ1) is 19.7. The van der Waals surface area contributed by atoms with Crippen LogP contribution in [-0.4, -0.2) is 29.2 Å². The average Bonchev–Trinajstić information content (AvgIpc) is 3.11. The van der Waals surface area contributed by atoms with Gasteiger partial charge in [0.25, 0.3) is 0 Å². The second-order valence-electron chi connectivity index (χ2n) is 6.16. The summed E-state index contributed by atoms with van der Waals surface area (Å²) < 4.78 is 21.5. The molecule has 8 heteroatoms. The molecule has 28 heavy (non-hydrogen) atoms. The van der Waals surface area contributed by atoms with Gasteiger partial charge in [0.15, 0.2) is 0 Å². The van der Waals surface area contributed by atoms with E-state index in [0.29, 0.717) is 23.7 Å². The first-order valence-electron chi connectivity index (χ1n) is 8.68. The van der Waals surface area contributed by atoms with E-state index in [0.717, 1.165) is 16.9 Å². The quantitative estimate of drug-likeness (QED) is 0.710. The lowest BCUT2D eigenvalue weighted by Crippen LogP contribution is -2.43. The molecule has 0 saturated heterocycles. The number of methoxy groups -OCH3 is 1. The lowest BCUT2D eigenvalue weighted by atomic mass is 10.1. The van der Waals surface area contributed by atoms with Crippen molar-refractivity contribution in [1.29, 1.82) is 0 Å². The Morgan fingerprint density at radius 2 is 2.04 bits per heavy atom. The Balaban J connectivity index is 0.00000225. The number of ether oxygens (including phenoxy) is 1. The molecular weight excluding hydrogens is 383 g/mol. The number of amides is 2. The van der Waals surface area contributed by atoms with Gasteiger partial charge in [0.05, 0.1) is 30.3 Å². The number of benzene rings is 2. The topological polar surface area (TPSA) is 59.4 Å². The van der Waals surface area contributed by atoms with Gasteiger partial charge in [0.1, 0.15) is 24.1 Å². The highest BCUT2D eigenvalue weighted by Crippen LogP contribution is 2.39. The molecule has 2 heterocycles. The number of carbonyl (C=O) groups is 1. The number of nitrogens with one attached hydrogen (secondary N) is 1. The third-order valence-electron chi connectivity index (χ3n) is 4.60. The molecular formula is C20H20ClFN4O2. The number of aromatic nitrogens is 2. The number of hydrogen-bond donors (Lipinski definition) is 1. The van der Waals surface area contributed by atoms with Gasteiger partial charge in [-0.3, -0.25) is 4.90 Å². The van der Waals surface area contributed by atoms with Gasteiger partial charge in [0, 0.05) is 18.2 Å². The van der Waals surface area contributed by atoms with Crippen LogP contribution in [0.3, 0.4) is 0 Å². The van der Waals surface area contributed by atoms with E-state index in [1.54, 1.807) is 23.2 Å². The lowest BCUT2D eigenvalue weighted by molar-refractivity contribution is 0.245. The molecule has 0 saturated carbocycles. The normalized spacial score (nSPS) is 11.9. The van der Waals surface area contributed by atoms with Crippen LogP contribution in [0.15, 0.2) is 48.7 Å². The Morgan fingerprint density at radius 3 is 2.75 bits per heavy atom. The van der Waals surface area contributed by atoms with Crippen LogP contribution in [0.4, 0.5) is 14.9 Å². The summed E-state index contributed by atoms with van der Waals surface area (Å²) in [6.45, 7) is 2.64. The number of urea groups is 1. The molecule has 0 bridgehead atoms. The number of halogens is 2. The van der Waals surface area contributed by atoms with Crippen LogP contribution >= 0.6 is 12.4 Å². The molecule has 0 atom stereocenters. The maximum Gasteiger partial charge on any atom is 0.323 e. The zero-order valence-corrected chi connectivity index (χ0v) is 16.3. The first-order chi connectivity index (χ1) is 13.1. The highest BCUT2D eigenvalue weighted by molar-refractivity contribution is 5.97. The van der Waals surface area contributed by atoms with Gasteiger partial charge < -0.3 is 14.6 Å². The van der Waals surface area contributed by atoms with Crippen molar-refractivity contribution in [2.24, 2.45) is 0 Å². The summed E-state index contributed by atoms with van der Waals surface area (Å²) in [6, 6.07) is 12.1. The van der Waals surface area contributed by atoms with E-state index in [2.05, 4.69) is 10.3 Å². The van der Waals surface area contributed by atoms with E-state index in [1.807, 2.05) is 35.8 Å². The molecule has 0 aliphatic carbocycles. The zero-order chi connectivity index (χ0) is 19.0. The zero-order valence-electron chi connectivity index (χ0n) is 15.5. The van der Waals surface area contributed by atoms with Gasteiger partial charge in [-0.1, -0.05) is 18.2 Å². The Hall–Kier alpha value is -3.06. The number of rotatable bonds is 3. The number of fused-ring (bicyclic) bond motifs is 3. The fraction of sp³-hybridized carbons (Fsp3) is 0.200. The van der Waals surface area contributed by atoms with E-state index in [9.17, 15) is 9.18 Å². The van der Waals surface area contributed by atoms with Crippen molar-refractivity contribution in [3.05, 3.63) is 54.5 Å². The summed E-state index contributed by atoms with van der Waals surface area (Å²) in [5.41, 5.74) is 2.88. The van der Waals surface area contributed by atoms with Crippen LogP contribution < -0.4 is 15.0 Å². The van der Waals surface area contributed by atoms with Crippen LogP contribution in [0.25, 0.3) is 22.6 Å². The molecule has 2 amide bonds. The average molecular weight is 403 g/mol. The van der Waals surface area contributed by atoms with Gasteiger partial charge in [-0.15, -0.1) is 12.4 Å². The summed E-state index contributed by atoms with van der Waals surface area (Å²) in [6.07, 6.45) is 1.72. The van der Waals surface area contributed by atoms with Crippen molar-refractivity contribution in [2.75, 3.05) is 18.6 Å². The molecule has 0 radical (unpaired) electrons. The fourth-order valence-corrected chi connectivity index (χ4v) is 3.32. The molecule has 0 fully saturated rings. The number of hydrogen-bond acceptors (Lipinski definition) is 3. The lowest BCUT2D eigenvalue weighted by Gasteiger charge is -2.31. The van der Waals surface area contributed by atoms with Crippen LogP contribution in [0.2, 0.25) is 0 Å². The minimum absolute atomic E-state index is 0. The minimum Gasteiger partial charge on any atom is -0.497 e. The van der Waals surface area contributed by atoms with Crippen molar-refractivity contribution in [3.8, 4) is 28.4 Å². The summed E-state index contributed by atoms with van der Waals surface area (Å²) in [7, 11) is 1.49. The molecule has 1 aliphatic rings. The van der Waals surface area contributed by atoms with Gasteiger partial charge >= 0.3 is 6.03 Å². The van der Waals surface area contributed by atoms with Gasteiger partial charge in [-0.05, 0) is 25.1 Å². The molecule has 0 spiro atoms. The molecule has 1 aromatic heterocycles. The van der Waals surface area contributed by atoms with Crippen LogP contribution in [0.1, 0.15) is 6.92 Å². The molecule has 1 N–H and O–H groups in total. The Bertz CT molecular complexity index is 1020. The molecule has 6 nitrogen and oxygen atoms in total. The summed E-state index contributed by atoms with van der Waals surface area (Å²) in [5, 5.41) is 2.83. The largest absolute Gasteiger partial charge is 0.497 e. The highest BCUT2D eigenvalue weighted by Gasteiger charge is 2.29. The third-order valence-corrected chi connectivity index (χ3v) is 4.60. The van der Waals surface area contributed by atoms with Gasteiger partial charge in [0.2, 0.25) is 0 Å². The van der Waals surface area contributed by atoms with Crippen LogP contribution in [0, 0.1) is 5.82 Å². The second kappa shape index (κ2) is 7.90. The van der Waals surface area contributed by atoms with Crippen LogP contribution in [0.5, 0.6) is 5.75 Å². The molecule has 0 unspecified atom stereocenters. The summed E-state index contributed by atoms with van der Waals surface area (Å²) in [5.74, 6) is 0.482. The molecule has 1 aliphatic heterocycles. The predicted molar refractivity (Wildman–Crippen MR) is 108 cm³/mol. The molecule has 2 aromatic carbocycles. The maximum atomic E-state index is 14.6. The van der Waals surface area contributed by atoms with E-state index in [1.165, 1.54) is 13.2 Å². The smallest absolute Gasteiger partial charge is 0.323 e. The predicted octanol–water partition coefficient (Wildman–Crippen LogP) is 4.29. The fourth-order valence-electron chi connectivity index (χ4n) is 3.32. The second-order valence-corrected chi connectivity index (χ2v) is 6.16. The standard InChI is InChI=1S/C20H19FN4O2.ClH/c1-3-22-20(26)25-12-24-18(15-6-4-5-7-17(15)25)11-23-19(24)14-9-8-13(27-2)10-16(14)21;/h4-11H,3,12H2,1-2H3,(H,22,26);1H. The van der Waals surface area contributed by atoms with Crippen molar-refractivity contribution in [1.82, 2.24) is 14.9 Å². The summed E-state index contributed by atoms with van der Waals surface area (Å²) >= 11 is 0. The molecule has 146 valence electrons. The Kier molecular flexibility index (Phi) is 5.56. The molecule has 4 rings (SSSR count). The Labute approximate surface area is 168 Å². The van der Waals surface area contributed by atoms with E-state index in [-0.39, 0.29) is 25.1 Å². The number of nitrogens with zero attached hydrogens (tertiary/aromatic N) is 3. The van der Waals surface area contributed by atoms with Crippen molar-refractivity contribution in [3.63, 3.8) is 0 Å². The maximum absolute atomic E-state index is 14.6. The molecule has 3 aromatic rings. The van der Waals surface area contributed by atoms with Crippen molar-refractivity contribution < 1.29 is 13.9 Å². The van der Waals surface area contributed by atoms with E-state index < -0.39 is 5.82 Å². The Morgan fingerprint density at radius 1 is 1.25 bits per heavy atom. The SMILES string of the molecule is CCNC(=O)N1Cn2c(cnc2-c2ccc(OC)cc2F)-c2ccccc21.Cl. The van der Waals surface area contributed by atoms with E-state index >= 15 is 0 Å². The number of imidazole rings is 1. The van der Waals surface area contributed by atoms with Crippen LogP contribution in [-0.2, 0) is 6.67 Å². The minimum atomic E-state index is -0.425. The first-order valence-corrected chi connectivity index (χ1v) is 8.68. The van der Waals surface area contributed by atoms with E-state index in [4.69, 9.17) is 4.74 Å². The van der Waals surface area contributed by atoms with Crippen molar-refractivity contribution >= 4 is 24.1 Å². The number of anilines is 1. The summed E-state index contributed by atoms with van der Waals surface area (Å²) in [4.78, 5) is 18.7. The monoisotopic (exact) mass is 402 g/mol. The number of carbonyl (C=O) groups excluding carboxylic acids is 1.